The molecule has 1 atom stereocenters. The SMILES string of the molecule is CCNC(=NCc1cccc(OCC(N)=O)c1)NCC(C)c1ccsc1. The molecule has 0 aliphatic rings. The molecule has 0 saturated carbocycles. The lowest BCUT2D eigenvalue weighted by molar-refractivity contribution is -0.119. The summed E-state index contributed by atoms with van der Waals surface area (Å²) in [5.74, 6) is 1.31. The summed E-state index contributed by atoms with van der Waals surface area (Å²) in [5, 5.41) is 10.9. The average Bonchev–Trinajstić information content (AvgIpc) is 3.17. The van der Waals surface area contributed by atoms with Crippen LogP contribution in [0.15, 0.2) is 46.1 Å². The minimum Gasteiger partial charge on any atom is -0.484 e. The fourth-order valence-corrected chi connectivity index (χ4v) is 3.11. The van der Waals surface area contributed by atoms with Crippen molar-refractivity contribution in [3.05, 3.63) is 52.2 Å². The average molecular weight is 375 g/mol. The summed E-state index contributed by atoms with van der Waals surface area (Å²) in [4.78, 5) is 15.4. The van der Waals surface area contributed by atoms with Crippen LogP contribution in [0.3, 0.4) is 0 Å². The Bertz CT molecular complexity index is 716. The number of hydrogen-bond acceptors (Lipinski definition) is 4. The summed E-state index contributed by atoms with van der Waals surface area (Å²) in [6, 6.07) is 9.66. The monoisotopic (exact) mass is 374 g/mol. The summed E-state index contributed by atoms with van der Waals surface area (Å²) in [6.07, 6.45) is 0. The summed E-state index contributed by atoms with van der Waals surface area (Å²) >= 11 is 1.71. The largest absolute Gasteiger partial charge is 0.484 e. The molecule has 0 aliphatic carbocycles. The Kier molecular flexibility index (Phi) is 7.95. The Morgan fingerprint density at radius 1 is 1.35 bits per heavy atom. The van der Waals surface area contributed by atoms with Crippen LogP contribution in [0, 0.1) is 0 Å². The van der Waals surface area contributed by atoms with E-state index in [1.165, 1.54) is 5.56 Å². The lowest BCUT2D eigenvalue weighted by atomic mass is 10.1. The maximum Gasteiger partial charge on any atom is 0.255 e. The van der Waals surface area contributed by atoms with E-state index in [1.807, 2.05) is 25.1 Å². The highest BCUT2D eigenvalue weighted by molar-refractivity contribution is 7.07. The van der Waals surface area contributed by atoms with Gasteiger partial charge in [0.15, 0.2) is 12.6 Å². The molecule has 1 amide bonds. The number of rotatable bonds is 9. The Hall–Kier alpha value is -2.54. The number of primary amides is 1. The molecule has 2 aromatic rings. The molecule has 0 aliphatic heterocycles. The van der Waals surface area contributed by atoms with E-state index >= 15 is 0 Å². The second kappa shape index (κ2) is 10.5. The number of aliphatic imine (C=N–C) groups is 1. The van der Waals surface area contributed by atoms with Crippen molar-refractivity contribution >= 4 is 23.2 Å². The lowest BCUT2D eigenvalue weighted by Gasteiger charge is -2.15. The van der Waals surface area contributed by atoms with Crippen LogP contribution in [0.2, 0.25) is 0 Å². The van der Waals surface area contributed by atoms with Crippen LogP contribution in [-0.2, 0) is 11.3 Å². The number of carbonyl (C=O) groups is 1. The zero-order chi connectivity index (χ0) is 18.8. The van der Waals surface area contributed by atoms with Gasteiger partial charge >= 0.3 is 0 Å². The summed E-state index contributed by atoms with van der Waals surface area (Å²) in [5.41, 5.74) is 7.43. The number of nitrogens with zero attached hydrogens (tertiary/aromatic N) is 1. The fourth-order valence-electron chi connectivity index (χ4n) is 2.32. The van der Waals surface area contributed by atoms with Gasteiger partial charge in [0.05, 0.1) is 6.54 Å². The van der Waals surface area contributed by atoms with Gasteiger partial charge in [-0.25, -0.2) is 4.99 Å². The maximum atomic E-state index is 10.8. The molecular weight excluding hydrogens is 348 g/mol. The summed E-state index contributed by atoms with van der Waals surface area (Å²) in [6.45, 7) is 6.22. The molecule has 1 heterocycles. The number of ether oxygens (including phenoxy) is 1. The van der Waals surface area contributed by atoms with E-state index in [2.05, 4.69) is 39.4 Å². The van der Waals surface area contributed by atoms with Crippen molar-refractivity contribution in [1.29, 1.82) is 0 Å². The van der Waals surface area contributed by atoms with Crippen LogP contribution in [0.5, 0.6) is 5.75 Å². The number of amides is 1. The first kappa shape index (κ1) is 19.8. The molecule has 7 heteroatoms. The van der Waals surface area contributed by atoms with Gasteiger partial charge in [-0.1, -0.05) is 19.1 Å². The van der Waals surface area contributed by atoms with Gasteiger partial charge in [-0.05, 0) is 52.9 Å². The molecule has 2 rings (SSSR count). The van der Waals surface area contributed by atoms with Crippen LogP contribution in [0.4, 0.5) is 0 Å². The maximum absolute atomic E-state index is 10.8. The van der Waals surface area contributed by atoms with Crippen molar-refractivity contribution < 1.29 is 9.53 Å². The third kappa shape index (κ3) is 6.76. The van der Waals surface area contributed by atoms with Gasteiger partial charge < -0.3 is 21.1 Å². The van der Waals surface area contributed by atoms with Crippen molar-refractivity contribution in [3.8, 4) is 5.75 Å². The number of guanidine groups is 1. The van der Waals surface area contributed by atoms with Gasteiger partial charge in [0.25, 0.3) is 5.91 Å². The van der Waals surface area contributed by atoms with Gasteiger partial charge in [-0.3, -0.25) is 4.79 Å². The van der Waals surface area contributed by atoms with Gasteiger partial charge in [0.1, 0.15) is 5.75 Å². The van der Waals surface area contributed by atoms with Crippen LogP contribution in [-0.4, -0.2) is 31.6 Å². The molecule has 0 fully saturated rings. The lowest BCUT2D eigenvalue weighted by Crippen LogP contribution is -2.39. The molecule has 0 saturated heterocycles. The third-order valence-corrected chi connectivity index (χ3v) is 4.43. The smallest absolute Gasteiger partial charge is 0.255 e. The zero-order valence-electron chi connectivity index (χ0n) is 15.2. The van der Waals surface area contributed by atoms with E-state index in [4.69, 9.17) is 10.5 Å². The summed E-state index contributed by atoms with van der Waals surface area (Å²) in [7, 11) is 0. The van der Waals surface area contributed by atoms with Crippen molar-refractivity contribution in [3.63, 3.8) is 0 Å². The Morgan fingerprint density at radius 2 is 2.19 bits per heavy atom. The predicted molar refractivity (Wildman–Crippen MR) is 107 cm³/mol. The number of nitrogens with one attached hydrogen (secondary N) is 2. The summed E-state index contributed by atoms with van der Waals surface area (Å²) < 4.78 is 5.33. The van der Waals surface area contributed by atoms with Crippen molar-refractivity contribution in [2.24, 2.45) is 10.7 Å². The van der Waals surface area contributed by atoms with E-state index in [9.17, 15) is 4.79 Å². The predicted octanol–water partition coefficient (Wildman–Crippen LogP) is 2.47. The van der Waals surface area contributed by atoms with Gasteiger partial charge in [-0.2, -0.15) is 11.3 Å². The molecule has 0 radical (unpaired) electrons. The highest BCUT2D eigenvalue weighted by Crippen LogP contribution is 2.17. The Labute approximate surface area is 158 Å². The van der Waals surface area contributed by atoms with E-state index < -0.39 is 5.91 Å². The number of nitrogens with two attached hydrogens (primary N) is 1. The Balaban J connectivity index is 1.93. The second-order valence-electron chi connectivity index (χ2n) is 5.94. The standard InChI is InChI=1S/C19H26N4O2S/c1-3-21-19(22-10-14(2)16-7-8-26-13-16)23-11-15-5-4-6-17(9-15)25-12-18(20)24/h4-9,13-14H,3,10-12H2,1-2H3,(H2,20,24)(H2,21,22,23). The fraction of sp³-hybridized carbons (Fsp3) is 0.368. The highest BCUT2D eigenvalue weighted by atomic mass is 32.1. The molecular formula is C19H26N4O2S. The van der Waals surface area contributed by atoms with E-state index in [0.29, 0.717) is 18.2 Å². The van der Waals surface area contributed by atoms with E-state index in [1.54, 1.807) is 17.4 Å². The number of benzene rings is 1. The quantitative estimate of drug-likeness (QED) is 0.465. The molecule has 1 aromatic carbocycles. The van der Waals surface area contributed by atoms with Crippen LogP contribution in [0.25, 0.3) is 0 Å². The normalized spacial score (nSPS) is 12.5. The van der Waals surface area contributed by atoms with Crippen molar-refractivity contribution in [2.45, 2.75) is 26.3 Å². The second-order valence-corrected chi connectivity index (χ2v) is 6.72. The van der Waals surface area contributed by atoms with Crippen LogP contribution in [0.1, 0.15) is 30.9 Å². The van der Waals surface area contributed by atoms with Gasteiger partial charge in [0, 0.05) is 13.1 Å². The molecule has 0 bridgehead atoms. The topological polar surface area (TPSA) is 88.7 Å². The van der Waals surface area contributed by atoms with E-state index in [-0.39, 0.29) is 6.61 Å². The molecule has 6 nitrogen and oxygen atoms in total. The van der Waals surface area contributed by atoms with Gasteiger partial charge in [0.2, 0.25) is 0 Å². The van der Waals surface area contributed by atoms with Crippen LogP contribution >= 0.6 is 11.3 Å². The minimum absolute atomic E-state index is 0.128. The molecule has 1 aromatic heterocycles. The Morgan fingerprint density at radius 3 is 2.88 bits per heavy atom. The van der Waals surface area contributed by atoms with Crippen LogP contribution < -0.4 is 21.1 Å². The zero-order valence-corrected chi connectivity index (χ0v) is 16.0. The first-order valence-corrected chi connectivity index (χ1v) is 9.57. The van der Waals surface area contributed by atoms with Gasteiger partial charge in [-0.15, -0.1) is 0 Å². The molecule has 1 unspecified atom stereocenters. The highest BCUT2D eigenvalue weighted by Gasteiger charge is 2.07. The molecule has 0 spiro atoms. The first-order chi connectivity index (χ1) is 12.6. The number of thiophene rings is 1. The number of carbonyl (C=O) groups excluding carboxylic acids is 1. The molecule has 140 valence electrons. The first-order valence-electron chi connectivity index (χ1n) is 8.62. The number of hydrogen-bond donors (Lipinski definition) is 3. The van der Waals surface area contributed by atoms with Crippen molar-refractivity contribution in [1.82, 2.24) is 10.6 Å². The molecule has 4 N–H and O–H groups in total. The third-order valence-electron chi connectivity index (χ3n) is 3.73. The van der Waals surface area contributed by atoms with Crippen molar-refractivity contribution in [2.75, 3.05) is 19.7 Å². The van der Waals surface area contributed by atoms with E-state index in [0.717, 1.165) is 24.6 Å². The molecule has 26 heavy (non-hydrogen) atoms. The minimum atomic E-state index is -0.494.